The summed E-state index contributed by atoms with van der Waals surface area (Å²) >= 11 is 0. The third-order valence-electron chi connectivity index (χ3n) is 5.35. The normalized spacial score (nSPS) is 18.6. The number of nitrogens with two attached hydrogens (primary N) is 1. The number of carbonyl (C=O) groups is 2. The number of nitrogens with zero attached hydrogens (tertiary/aromatic N) is 2. The molecule has 2 amide bonds. The lowest BCUT2D eigenvalue weighted by Gasteiger charge is -2.44. The van der Waals surface area contributed by atoms with E-state index >= 15 is 0 Å². The van der Waals surface area contributed by atoms with Crippen LogP contribution in [0.1, 0.15) is 24.0 Å². The Morgan fingerprint density at radius 2 is 1.56 bits per heavy atom. The third kappa shape index (κ3) is 3.60. The molecule has 2 aromatic rings. The Bertz CT molecular complexity index is 750. The summed E-state index contributed by atoms with van der Waals surface area (Å²) in [6.45, 7) is 0.930. The molecule has 1 heterocycles. The van der Waals surface area contributed by atoms with Gasteiger partial charge in [0.05, 0.1) is 12.1 Å². The van der Waals surface area contributed by atoms with Crippen molar-refractivity contribution in [2.45, 2.75) is 18.4 Å². The molecule has 142 valence electrons. The van der Waals surface area contributed by atoms with Gasteiger partial charge < -0.3 is 15.5 Å². The summed E-state index contributed by atoms with van der Waals surface area (Å²) in [7, 11) is 3.78. The first-order valence-corrected chi connectivity index (χ1v) is 9.30. The average molecular weight is 365 g/mol. The molecule has 2 aromatic carbocycles. The van der Waals surface area contributed by atoms with Crippen LogP contribution < -0.4 is 5.73 Å². The van der Waals surface area contributed by atoms with Crippen LogP contribution in [-0.4, -0.2) is 48.8 Å². The van der Waals surface area contributed by atoms with Crippen molar-refractivity contribution in [2.24, 2.45) is 11.7 Å². The lowest BCUT2D eigenvalue weighted by molar-refractivity contribution is -0.136. The highest BCUT2D eigenvalue weighted by atomic mass is 16.2. The van der Waals surface area contributed by atoms with E-state index in [1.165, 1.54) is 0 Å². The molecule has 0 radical (unpaired) electrons. The fourth-order valence-electron chi connectivity index (χ4n) is 4.39. The van der Waals surface area contributed by atoms with Crippen molar-refractivity contribution in [1.82, 2.24) is 9.80 Å². The number of likely N-dealkylation sites (tertiary alicyclic amines) is 1. The Hall–Kier alpha value is -2.66. The SMILES string of the molecule is CN(C)CC(=O)N1CCC(CC(N)=O)C1(c1ccccc1)c1ccccc1. The van der Waals surface area contributed by atoms with Crippen molar-refractivity contribution in [1.29, 1.82) is 0 Å². The van der Waals surface area contributed by atoms with E-state index in [0.717, 1.165) is 17.5 Å². The van der Waals surface area contributed by atoms with E-state index in [1.54, 1.807) is 0 Å². The van der Waals surface area contributed by atoms with E-state index in [4.69, 9.17) is 5.73 Å². The van der Waals surface area contributed by atoms with Crippen molar-refractivity contribution in [3.8, 4) is 0 Å². The van der Waals surface area contributed by atoms with Crippen molar-refractivity contribution in [3.63, 3.8) is 0 Å². The minimum absolute atomic E-state index is 0.0553. The Morgan fingerprint density at radius 1 is 1.04 bits per heavy atom. The van der Waals surface area contributed by atoms with Gasteiger partial charge in [0.15, 0.2) is 0 Å². The molecule has 1 aliphatic heterocycles. The molecule has 1 unspecified atom stereocenters. The van der Waals surface area contributed by atoms with Crippen molar-refractivity contribution >= 4 is 11.8 Å². The first-order valence-electron chi connectivity index (χ1n) is 9.30. The van der Waals surface area contributed by atoms with Crippen LogP contribution in [0.2, 0.25) is 0 Å². The van der Waals surface area contributed by atoms with Crippen LogP contribution in [0.15, 0.2) is 60.7 Å². The highest BCUT2D eigenvalue weighted by Crippen LogP contribution is 2.49. The van der Waals surface area contributed by atoms with Gasteiger partial charge in [0.25, 0.3) is 0 Å². The maximum atomic E-state index is 13.2. The Labute approximate surface area is 160 Å². The van der Waals surface area contributed by atoms with Crippen molar-refractivity contribution in [3.05, 3.63) is 71.8 Å². The summed E-state index contributed by atoms with van der Waals surface area (Å²) in [5, 5.41) is 0. The lowest BCUT2D eigenvalue weighted by Crippen LogP contribution is -2.52. The lowest BCUT2D eigenvalue weighted by atomic mass is 9.72. The second kappa shape index (κ2) is 7.92. The van der Waals surface area contributed by atoms with Crippen LogP contribution in [0.25, 0.3) is 0 Å². The van der Waals surface area contributed by atoms with Gasteiger partial charge in [-0.05, 0) is 31.6 Å². The Balaban J connectivity index is 2.22. The molecule has 2 N–H and O–H groups in total. The van der Waals surface area contributed by atoms with Gasteiger partial charge in [-0.2, -0.15) is 0 Å². The fourth-order valence-corrected chi connectivity index (χ4v) is 4.39. The van der Waals surface area contributed by atoms with Gasteiger partial charge in [0.1, 0.15) is 0 Å². The monoisotopic (exact) mass is 365 g/mol. The molecule has 1 atom stereocenters. The number of carbonyl (C=O) groups excluding carboxylic acids is 2. The number of likely N-dealkylation sites (N-methyl/N-ethyl adjacent to an activating group) is 1. The number of primary amides is 1. The van der Waals surface area contributed by atoms with Crippen LogP contribution in [0.3, 0.4) is 0 Å². The summed E-state index contributed by atoms with van der Waals surface area (Å²) in [5.74, 6) is -0.344. The van der Waals surface area contributed by atoms with E-state index in [0.29, 0.717) is 13.1 Å². The molecule has 0 aliphatic carbocycles. The van der Waals surface area contributed by atoms with Gasteiger partial charge in [-0.1, -0.05) is 60.7 Å². The topological polar surface area (TPSA) is 66.6 Å². The molecular weight excluding hydrogens is 338 g/mol. The second-order valence-electron chi connectivity index (χ2n) is 7.44. The Morgan fingerprint density at radius 3 is 2.00 bits per heavy atom. The van der Waals surface area contributed by atoms with Gasteiger partial charge >= 0.3 is 0 Å². The number of rotatable bonds is 6. The van der Waals surface area contributed by atoms with E-state index in [9.17, 15) is 9.59 Å². The second-order valence-corrected chi connectivity index (χ2v) is 7.44. The maximum Gasteiger partial charge on any atom is 0.237 e. The molecule has 0 spiro atoms. The predicted octanol–water partition coefficient (Wildman–Crippen LogP) is 2.22. The van der Waals surface area contributed by atoms with Crippen LogP contribution >= 0.6 is 0 Å². The zero-order valence-electron chi connectivity index (χ0n) is 16.0. The van der Waals surface area contributed by atoms with Crippen LogP contribution in [-0.2, 0) is 15.1 Å². The van der Waals surface area contributed by atoms with Crippen molar-refractivity contribution in [2.75, 3.05) is 27.2 Å². The smallest absolute Gasteiger partial charge is 0.237 e. The van der Waals surface area contributed by atoms with E-state index < -0.39 is 5.54 Å². The van der Waals surface area contributed by atoms with Crippen LogP contribution in [0.5, 0.6) is 0 Å². The molecule has 5 nitrogen and oxygen atoms in total. The zero-order chi connectivity index (χ0) is 19.4. The minimum Gasteiger partial charge on any atom is -0.370 e. The molecule has 1 saturated heterocycles. The molecule has 27 heavy (non-hydrogen) atoms. The average Bonchev–Trinajstić information content (AvgIpc) is 3.02. The molecular formula is C22H27N3O2. The first-order chi connectivity index (χ1) is 13.0. The molecule has 3 rings (SSSR count). The van der Waals surface area contributed by atoms with E-state index in [2.05, 4.69) is 0 Å². The van der Waals surface area contributed by atoms with E-state index in [1.807, 2.05) is 84.6 Å². The summed E-state index contributed by atoms with van der Waals surface area (Å²) < 4.78 is 0. The summed E-state index contributed by atoms with van der Waals surface area (Å²) in [6.07, 6.45) is 0.988. The highest BCUT2D eigenvalue weighted by Gasteiger charge is 2.53. The number of benzene rings is 2. The molecule has 1 aliphatic rings. The minimum atomic E-state index is -0.690. The van der Waals surface area contributed by atoms with Gasteiger partial charge in [-0.3, -0.25) is 9.59 Å². The highest BCUT2D eigenvalue weighted by molar-refractivity contribution is 5.81. The predicted molar refractivity (Wildman–Crippen MR) is 106 cm³/mol. The van der Waals surface area contributed by atoms with Gasteiger partial charge in [-0.15, -0.1) is 0 Å². The van der Waals surface area contributed by atoms with Gasteiger partial charge in [0, 0.05) is 18.9 Å². The van der Waals surface area contributed by atoms with Gasteiger partial charge in [-0.25, -0.2) is 0 Å². The van der Waals surface area contributed by atoms with Crippen LogP contribution in [0, 0.1) is 5.92 Å². The Kier molecular flexibility index (Phi) is 5.61. The van der Waals surface area contributed by atoms with E-state index in [-0.39, 0.29) is 24.2 Å². The molecule has 0 saturated carbocycles. The van der Waals surface area contributed by atoms with Crippen LogP contribution in [0.4, 0.5) is 0 Å². The standard InChI is InChI=1S/C22H27N3O2/c1-24(2)16-21(27)25-14-13-19(15-20(23)26)22(25,17-9-5-3-6-10-17)18-11-7-4-8-12-18/h3-12,19H,13-16H2,1-2H3,(H2,23,26). The summed E-state index contributed by atoms with van der Waals surface area (Å²) in [5.41, 5.74) is 6.95. The molecule has 0 bridgehead atoms. The summed E-state index contributed by atoms with van der Waals surface area (Å²) in [6, 6.07) is 20.0. The van der Waals surface area contributed by atoms with Gasteiger partial charge in [0.2, 0.25) is 11.8 Å². The third-order valence-corrected chi connectivity index (χ3v) is 5.35. The summed E-state index contributed by atoms with van der Waals surface area (Å²) in [4.78, 5) is 28.9. The molecule has 0 aromatic heterocycles. The number of hydrogen-bond donors (Lipinski definition) is 1. The fraction of sp³-hybridized carbons (Fsp3) is 0.364. The number of amides is 2. The van der Waals surface area contributed by atoms with Crippen molar-refractivity contribution < 1.29 is 9.59 Å². The molecule has 1 fully saturated rings. The molecule has 5 heteroatoms. The first kappa shape index (κ1) is 19.1. The largest absolute Gasteiger partial charge is 0.370 e. The quantitative estimate of drug-likeness (QED) is 0.854. The maximum absolute atomic E-state index is 13.2. The zero-order valence-corrected chi connectivity index (χ0v) is 16.0. The number of hydrogen-bond acceptors (Lipinski definition) is 3.